The van der Waals surface area contributed by atoms with Gasteiger partial charge in [-0.2, -0.15) is 30.2 Å². The maximum atomic E-state index is 12.7. The number of halogens is 3. The zero-order chi connectivity index (χ0) is 15.4. The van der Waals surface area contributed by atoms with E-state index in [0.29, 0.717) is 30.2 Å². The van der Waals surface area contributed by atoms with Crippen molar-refractivity contribution >= 4 is 10.2 Å². The van der Waals surface area contributed by atoms with E-state index in [9.17, 15) is 21.6 Å². The second-order valence-electron chi connectivity index (χ2n) is 4.79. The van der Waals surface area contributed by atoms with Crippen LogP contribution in [0.4, 0.5) is 13.2 Å². The molecule has 1 fully saturated rings. The van der Waals surface area contributed by atoms with Crippen molar-refractivity contribution in [1.82, 2.24) is 13.9 Å². The van der Waals surface area contributed by atoms with Crippen LogP contribution in [0.25, 0.3) is 0 Å². The van der Waals surface area contributed by atoms with Crippen molar-refractivity contribution in [1.29, 1.82) is 0 Å². The summed E-state index contributed by atoms with van der Waals surface area (Å²) >= 11 is 0. The third kappa shape index (κ3) is 4.57. The summed E-state index contributed by atoms with van der Waals surface area (Å²) in [6.45, 7) is 3.30. The van der Waals surface area contributed by atoms with E-state index in [1.807, 2.05) is 0 Å². The molecule has 1 rings (SSSR count). The van der Waals surface area contributed by atoms with Gasteiger partial charge in [0.05, 0.1) is 0 Å². The Bertz CT molecular complexity index is 390. The van der Waals surface area contributed by atoms with Crippen LogP contribution in [0.5, 0.6) is 0 Å². The predicted octanol–water partition coefficient (Wildman–Crippen LogP) is 1.19. The predicted molar refractivity (Wildman–Crippen MR) is 70.5 cm³/mol. The number of nitrogens with zero attached hydrogens (tertiary/aromatic N) is 2. The summed E-state index contributed by atoms with van der Waals surface area (Å²) < 4.78 is 64.7. The van der Waals surface area contributed by atoms with Gasteiger partial charge in [0, 0.05) is 32.2 Å². The van der Waals surface area contributed by atoms with Crippen LogP contribution in [0.2, 0.25) is 0 Å². The Balaban J connectivity index is 3.00. The van der Waals surface area contributed by atoms with Gasteiger partial charge in [-0.25, -0.2) is 0 Å². The average Bonchev–Trinajstić information content (AvgIpc) is 2.38. The summed E-state index contributed by atoms with van der Waals surface area (Å²) in [7, 11) is -4.07. The van der Waals surface area contributed by atoms with Gasteiger partial charge in [-0.05, 0) is 12.8 Å². The Morgan fingerprint density at radius 3 is 2.10 bits per heavy atom. The molecule has 0 bridgehead atoms. The van der Waals surface area contributed by atoms with Gasteiger partial charge in [0.2, 0.25) is 0 Å². The van der Waals surface area contributed by atoms with Crippen LogP contribution < -0.4 is 5.32 Å². The Morgan fingerprint density at radius 2 is 1.70 bits per heavy atom. The molecule has 1 aliphatic heterocycles. The lowest BCUT2D eigenvalue weighted by Gasteiger charge is -2.36. The summed E-state index contributed by atoms with van der Waals surface area (Å²) in [4.78, 5) is 0. The first kappa shape index (κ1) is 17.7. The molecule has 0 aromatic rings. The summed E-state index contributed by atoms with van der Waals surface area (Å²) in [6.07, 6.45) is -3.82. The molecule has 1 heterocycles. The first-order chi connectivity index (χ1) is 9.22. The summed E-state index contributed by atoms with van der Waals surface area (Å²) in [5, 5.41) is 2.98. The zero-order valence-corrected chi connectivity index (χ0v) is 12.6. The lowest BCUT2D eigenvalue weighted by molar-refractivity contribution is -0.140. The summed E-state index contributed by atoms with van der Waals surface area (Å²) in [5.41, 5.74) is 0. The van der Waals surface area contributed by atoms with Crippen molar-refractivity contribution in [2.24, 2.45) is 0 Å². The monoisotopic (exact) mass is 317 g/mol. The third-order valence-corrected chi connectivity index (χ3v) is 5.42. The molecule has 20 heavy (non-hydrogen) atoms. The average molecular weight is 317 g/mol. The largest absolute Gasteiger partial charge is 0.402 e. The second-order valence-corrected chi connectivity index (χ2v) is 6.67. The second kappa shape index (κ2) is 7.06. The Kier molecular flexibility index (Phi) is 6.24. The molecule has 0 amide bonds. The molecule has 120 valence electrons. The van der Waals surface area contributed by atoms with E-state index in [2.05, 4.69) is 5.32 Å². The fourth-order valence-corrected chi connectivity index (χ4v) is 4.22. The SMILES string of the molecule is CCC(CC)N(CC(F)(F)F)S(=O)(=O)N1CCNCC1. The van der Waals surface area contributed by atoms with Crippen LogP contribution in [0, 0.1) is 0 Å². The smallest absolute Gasteiger partial charge is 0.314 e. The van der Waals surface area contributed by atoms with E-state index < -0.39 is 29.0 Å². The molecule has 0 aromatic carbocycles. The Hall–Kier alpha value is -0.380. The van der Waals surface area contributed by atoms with Gasteiger partial charge in [-0.15, -0.1) is 0 Å². The van der Waals surface area contributed by atoms with E-state index in [4.69, 9.17) is 0 Å². The third-order valence-electron chi connectivity index (χ3n) is 3.38. The van der Waals surface area contributed by atoms with Crippen molar-refractivity contribution in [3.05, 3.63) is 0 Å². The first-order valence-corrected chi connectivity index (χ1v) is 8.16. The minimum atomic E-state index is -4.54. The Morgan fingerprint density at radius 1 is 1.20 bits per heavy atom. The molecule has 0 saturated carbocycles. The van der Waals surface area contributed by atoms with Gasteiger partial charge >= 0.3 is 6.18 Å². The fraction of sp³-hybridized carbons (Fsp3) is 1.00. The van der Waals surface area contributed by atoms with Crippen LogP contribution in [-0.2, 0) is 10.2 Å². The van der Waals surface area contributed by atoms with E-state index in [-0.39, 0.29) is 13.1 Å². The summed E-state index contributed by atoms with van der Waals surface area (Å²) in [6, 6.07) is -0.628. The van der Waals surface area contributed by atoms with Crippen molar-refractivity contribution in [3.63, 3.8) is 0 Å². The van der Waals surface area contributed by atoms with Gasteiger partial charge in [0.25, 0.3) is 10.2 Å². The number of piperazine rings is 1. The van der Waals surface area contributed by atoms with E-state index in [1.165, 1.54) is 0 Å². The van der Waals surface area contributed by atoms with Gasteiger partial charge in [0.15, 0.2) is 0 Å². The highest BCUT2D eigenvalue weighted by molar-refractivity contribution is 7.86. The number of nitrogens with one attached hydrogen (secondary N) is 1. The molecule has 0 radical (unpaired) electrons. The maximum Gasteiger partial charge on any atom is 0.402 e. The molecule has 0 atom stereocenters. The first-order valence-electron chi connectivity index (χ1n) is 6.76. The highest BCUT2D eigenvalue weighted by Gasteiger charge is 2.41. The highest BCUT2D eigenvalue weighted by Crippen LogP contribution is 2.24. The molecule has 0 spiro atoms. The van der Waals surface area contributed by atoms with Crippen molar-refractivity contribution in [2.75, 3.05) is 32.7 Å². The molecular weight excluding hydrogens is 295 g/mol. The van der Waals surface area contributed by atoms with Crippen LogP contribution in [0.3, 0.4) is 0 Å². The molecule has 0 aromatic heterocycles. The molecule has 1 saturated heterocycles. The molecule has 5 nitrogen and oxygen atoms in total. The Labute approximate surface area is 118 Å². The van der Waals surface area contributed by atoms with Crippen LogP contribution in [0.1, 0.15) is 26.7 Å². The van der Waals surface area contributed by atoms with Gasteiger partial charge in [-0.3, -0.25) is 0 Å². The molecule has 9 heteroatoms. The quantitative estimate of drug-likeness (QED) is 0.801. The van der Waals surface area contributed by atoms with Gasteiger partial charge in [0.1, 0.15) is 6.54 Å². The molecule has 0 aliphatic carbocycles. The number of hydrogen-bond donors (Lipinski definition) is 1. The van der Waals surface area contributed by atoms with Gasteiger partial charge < -0.3 is 5.32 Å². The molecule has 0 unspecified atom stereocenters. The highest BCUT2D eigenvalue weighted by atomic mass is 32.2. The number of alkyl halides is 3. The van der Waals surface area contributed by atoms with Crippen molar-refractivity contribution in [3.8, 4) is 0 Å². The maximum absolute atomic E-state index is 12.7. The lowest BCUT2D eigenvalue weighted by atomic mass is 10.2. The van der Waals surface area contributed by atoms with Crippen LogP contribution >= 0.6 is 0 Å². The van der Waals surface area contributed by atoms with E-state index in [0.717, 1.165) is 4.31 Å². The minimum Gasteiger partial charge on any atom is -0.314 e. The normalized spacial score (nSPS) is 18.9. The number of hydrogen-bond acceptors (Lipinski definition) is 3. The molecule has 1 N–H and O–H groups in total. The minimum absolute atomic E-state index is 0.205. The number of rotatable bonds is 6. The fourth-order valence-electron chi connectivity index (χ4n) is 2.30. The van der Waals surface area contributed by atoms with Crippen LogP contribution in [0.15, 0.2) is 0 Å². The lowest BCUT2D eigenvalue weighted by Crippen LogP contribution is -2.55. The topological polar surface area (TPSA) is 52.7 Å². The summed E-state index contributed by atoms with van der Waals surface area (Å²) in [5.74, 6) is 0. The molecular formula is C11H22F3N3O2S. The van der Waals surface area contributed by atoms with Crippen LogP contribution in [-0.4, -0.2) is 62.0 Å². The van der Waals surface area contributed by atoms with Gasteiger partial charge in [-0.1, -0.05) is 13.8 Å². The van der Waals surface area contributed by atoms with E-state index >= 15 is 0 Å². The van der Waals surface area contributed by atoms with E-state index in [1.54, 1.807) is 13.8 Å². The van der Waals surface area contributed by atoms with Crippen molar-refractivity contribution in [2.45, 2.75) is 38.9 Å². The van der Waals surface area contributed by atoms with Crippen molar-refractivity contribution < 1.29 is 21.6 Å². The molecule has 1 aliphatic rings. The standard InChI is InChI=1S/C11H22F3N3O2S/c1-3-10(4-2)17(9-11(12,13)14)20(18,19)16-7-5-15-6-8-16/h10,15H,3-9H2,1-2H3. The zero-order valence-electron chi connectivity index (χ0n) is 11.8.